The second-order valence-electron chi connectivity index (χ2n) is 13.4. The van der Waals surface area contributed by atoms with E-state index in [0.717, 1.165) is 66.7 Å². The van der Waals surface area contributed by atoms with Crippen molar-refractivity contribution >= 4 is 65.4 Å². The van der Waals surface area contributed by atoms with Crippen molar-refractivity contribution in [2.75, 3.05) is 0 Å². The zero-order valence-electron chi connectivity index (χ0n) is 28.1. The van der Waals surface area contributed by atoms with Gasteiger partial charge >= 0.3 is 0 Å². The minimum absolute atomic E-state index is 0.893. The molecule has 7 aromatic carbocycles. The smallest absolute Gasteiger partial charge is 0.138 e. The molecule has 0 aliphatic carbocycles. The zero-order chi connectivity index (χ0) is 34.2. The third-order valence-electron chi connectivity index (χ3n) is 10.5. The minimum Gasteiger partial charge on any atom is -0.309 e. The molecule has 0 aliphatic heterocycles. The molecule has 0 atom stereocenters. The number of aromatic nitrogens is 4. The average Bonchev–Trinajstić information content (AvgIpc) is 3.73. The number of hydrogen-bond acceptors (Lipinski definition) is 2. The summed E-state index contributed by atoms with van der Waals surface area (Å²) in [6.45, 7) is 0. The molecule has 0 N–H and O–H groups in total. The van der Waals surface area contributed by atoms with E-state index >= 15 is 0 Å². The Morgan fingerprint density at radius 1 is 0.346 bits per heavy atom. The Hall–Kier alpha value is -7.04. The Bertz CT molecular complexity index is 3080. The number of para-hydroxylation sites is 5. The summed E-state index contributed by atoms with van der Waals surface area (Å²) >= 11 is 0. The van der Waals surface area contributed by atoms with Crippen LogP contribution in [0.15, 0.2) is 182 Å². The normalized spacial score (nSPS) is 11.8. The van der Waals surface area contributed by atoms with E-state index < -0.39 is 0 Å². The molecule has 0 fully saturated rings. The molecule has 11 rings (SSSR count). The molecule has 4 heteroatoms. The molecule has 0 bridgehead atoms. The van der Waals surface area contributed by atoms with Crippen molar-refractivity contribution in [3.05, 3.63) is 182 Å². The topological polar surface area (TPSA) is 35.6 Å². The molecule has 0 spiro atoms. The monoisotopic (exact) mass is 662 g/mol. The fourth-order valence-corrected chi connectivity index (χ4v) is 8.11. The van der Waals surface area contributed by atoms with Crippen LogP contribution >= 0.6 is 0 Å². The van der Waals surface area contributed by atoms with E-state index in [2.05, 4.69) is 185 Å². The lowest BCUT2D eigenvalue weighted by molar-refractivity contribution is 1.10. The summed E-state index contributed by atoms with van der Waals surface area (Å²) in [4.78, 5) is 10.4. The van der Waals surface area contributed by atoms with Crippen molar-refractivity contribution in [3.63, 3.8) is 0 Å². The Morgan fingerprint density at radius 2 is 0.885 bits per heavy atom. The number of fused-ring (bicyclic) bond motifs is 8. The maximum Gasteiger partial charge on any atom is 0.138 e. The second kappa shape index (κ2) is 11.2. The molecule has 0 unspecified atom stereocenters. The first-order valence-electron chi connectivity index (χ1n) is 17.7. The third kappa shape index (κ3) is 4.34. The van der Waals surface area contributed by atoms with Gasteiger partial charge in [0.2, 0.25) is 0 Å². The molecular weight excluding hydrogens is 633 g/mol. The quantitative estimate of drug-likeness (QED) is 0.188. The Morgan fingerprint density at radius 3 is 1.52 bits per heavy atom. The van der Waals surface area contributed by atoms with Gasteiger partial charge in [0.05, 0.1) is 38.8 Å². The van der Waals surface area contributed by atoms with Gasteiger partial charge in [0, 0.05) is 43.6 Å². The second-order valence-corrected chi connectivity index (χ2v) is 13.4. The summed E-state index contributed by atoms with van der Waals surface area (Å²) in [6, 6.07) is 64.9. The molecule has 52 heavy (non-hydrogen) atoms. The van der Waals surface area contributed by atoms with Crippen LogP contribution in [0.25, 0.3) is 99.3 Å². The van der Waals surface area contributed by atoms with Gasteiger partial charge in [-0.15, -0.1) is 0 Å². The van der Waals surface area contributed by atoms with Gasteiger partial charge in [0.1, 0.15) is 5.82 Å². The summed E-state index contributed by atoms with van der Waals surface area (Å²) in [5.41, 5.74) is 12.0. The highest BCUT2D eigenvalue weighted by atomic mass is 15.1. The summed E-state index contributed by atoms with van der Waals surface area (Å²) in [5.74, 6) is 0.893. The molecule has 242 valence electrons. The van der Waals surface area contributed by atoms with Crippen LogP contribution in [0.5, 0.6) is 0 Å². The average molecular weight is 663 g/mol. The Kier molecular flexibility index (Phi) is 6.22. The van der Waals surface area contributed by atoms with Gasteiger partial charge in [-0.05, 0) is 71.8 Å². The molecular formula is C48H30N4. The van der Waals surface area contributed by atoms with E-state index in [9.17, 15) is 0 Å². The lowest BCUT2D eigenvalue weighted by Crippen LogP contribution is -2.00. The fraction of sp³-hybridized carbons (Fsp3) is 0. The number of benzene rings is 7. The SMILES string of the molecule is c1ccc2nc(-c3ccc(-c4cc(-n5c6ccccc6c6ccccc65)nc5ccc(-n6c7ccccc7c7ccccc76)cc45)cc3)ccc2c1. The van der Waals surface area contributed by atoms with Crippen molar-refractivity contribution in [1.29, 1.82) is 0 Å². The fourth-order valence-electron chi connectivity index (χ4n) is 8.11. The predicted octanol–water partition coefficient (Wildman–Crippen LogP) is 12.3. The molecule has 0 saturated heterocycles. The van der Waals surface area contributed by atoms with E-state index in [4.69, 9.17) is 9.97 Å². The van der Waals surface area contributed by atoms with Gasteiger partial charge in [-0.3, -0.25) is 4.57 Å². The standard InChI is InChI=1S/C48H30N4/c1-6-16-41-32(11-1)25-27-42(49-41)33-23-21-31(22-24-33)39-30-48(52-46-19-9-4-14-37(46)38-15-5-10-20-47(38)52)50-43-28-26-34(29-40(39)43)51-44-17-7-2-12-35(44)36-13-3-8-18-45(36)51/h1-30H. The van der Waals surface area contributed by atoms with Crippen LogP contribution in [0.3, 0.4) is 0 Å². The van der Waals surface area contributed by atoms with Gasteiger partial charge in [-0.1, -0.05) is 121 Å². The van der Waals surface area contributed by atoms with Crippen molar-refractivity contribution in [3.8, 4) is 33.9 Å². The van der Waals surface area contributed by atoms with Crippen molar-refractivity contribution in [2.45, 2.75) is 0 Å². The van der Waals surface area contributed by atoms with Crippen LogP contribution < -0.4 is 0 Å². The van der Waals surface area contributed by atoms with Gasteiger partial charge in [-0.25, -0.2) is 9.97 Å². The minimum atomic E-state index is 0.893. The molecule has 4 heterocycles. The maximum absolute atomic E-state index is 5.39. The first-order chi connectivity index (χ1) is 25.8. The van der Waals surface area contributed by atoms with E-state index in [-0.39, 0.29) is 0 Å². The highest BCUT2D eigenvalue weighted by Crippen LogP contribution is 2.38. The van der Waals surface area contributed by atoms with Crippen LogP contribution in [-0.4, -0.2) is 19.1 Å². The molecule has 11 aromatic rings. The molecule has 0 saturated carbocycles. The number of hydrogen-bond donors (Lipinski definition) is 0. The van der Waals surface area contributed by atoms with E-state index in [1.165, 1.54) is 32.6 Å². The number of pyridine rings is 2. The highest BCUT2D eigenvalue weighted by molar-refractivity contribution is 6.11. The van der Waals surface area contributed by atoms with Crippen LogP contribution in [0.2, 0.25) is 0 Å². The molecule has 0 amide bonds. The van der Waals surface area contributed by atoms with Crippen molar-refractivity contribution in [2.24, 2.45) is 0 Å². The maximum atomic E-state index is 5.39. The van der Waals surface area contributed by atoms with Crippen molar-refractivity contribution < 1.29 is 0 Å². The largest absolute Gasteiger partial charge is 0.309 e. The van der Waals surface area contributed by atoms with Crippen LogP contribution in [-0.2, 0) is 0 Å². The predicted molar refractivity (Wildman–Crippen MR) is 217 cm³/mol. The van der Waals surface area contributed by atoms with Crippen molar-refractivity contribution in [1.82, 2.24) is 19.1 Å². The molecule has 4 aromatic heterocycles. The summed E-state index contributed by atoms with van der Waals surface area (Å²) in [7, 11) is 0. The van der Waals surface area contributed by atoms with Crippen LogP contribution in [0.4, 0.5) is 0 Å². The lowest BCUT2D eigenvalue weighted by atomic mass is 9.98. The summed E-state index contributed by atoms with van der Waals surface area (Å²) in [5, 5.41) is 7.17. The Balaban J connectivity index is 1.15. The first kappa shape index (κ1) is 28.8. The van der Waals surface area contributed by atoms with Gasteiger partial charge < -0.3 is 4.57 Å². The highest BCUT2D eigenvalue weighted by Gasteiger charge is 2.18. The third-order valence-corrected chi connectivity index (χ3v) is 10.5. The summed E-state index contributed by atoms with van der Waals surface area (Å²) in [6.07, 6.45) is 0. The zero-order valence-corrected chi connectivity index (χ0v) is 28.1. The summed E-state index contributed by atoms with van der Waals surface area (Å²) < 4.78 is 4.69. The Labute approximate surface area is 299 Å². The lowest BCUT2D eigenvalue weighted by Gasteiger charge is -2.15. The molecule has 4 nitrogen and oxygen atoms in total. The van der Waals surface area contributed by atoms with Gasteiger partial charge in [0.15, 0.2) is 0 Å². The number of nitrogens with zero attached hydrogens (tertiary/aromatic N) is 4. The van der Waals surface area contributed by atoms with E-state index in [1.54, 1.807) is 0 Å². The van der Waals surface area contributed by atoms with Gasteiger partial charge in [-0.2, -0.15) is 0 Å². The van der Waals surface area contributed by atoms with E-state index in [1.807, 2.05) is 6.07 Å². The molecule has 0 radical (unpaired) electrons. The number of rotatable bonds is 4. The first-order valence-corrected chi connectivity index (χ1v) is 17.7. The van der Waals surface area contributed by atoms with E-state index in [0.29, 0.717) is 0 Å². The van der Waals surface area contributed by atoms with Crippen LogP contribution in [0.1, 0.15) is 0 Å². The molecule has 0 aliphatic rings. The van der Waals surface area contributed by atoms with Gasteiger partial charge in [0.25, 0.3) is 0 Å². The van der Waals surface area contributed by atoms with Crippen LogP contribution in [0, 0.1) is 0 Å².